The Bertz CT molecular complexity index is 669. The number of fused-ring (bicyclic) bond motifs is 1. The van der Waals surface area contributed by atoms with E-state index in [1.54, 1.807) is 30.1 Å². The first-order valence-electron chi connectivity index (χ1n) is 6.05. The molecule has 1 aromatic heterocycles. The first kappa shape index (κ1) is 13.4. The third-order valence-corrected chi connectivity index (χ3v) is 3.28. The fourth-order valence-corrected chi connectivity index (χ4v) is 1.89. The summed E-state index contributed by atoms with van der Waals surface area (Å²) in [7, 11) is 1.70. The minimum absolute atomic E-state index is 0.0627. The Balaban J connectivity index is 2.38. The highest BCUT2D eigenvalue weighted by Crippen LogP contribution is 2.23. The van der Waals surface area contributed by atoms with Crippen molar-refractivity contribution in [2.75, 3.05) is 18.5 Å². The molecular weight excluding hydrogens is 244 g/mol. The van der Waals surface area contributed by atoms with Gasteiger partial charge in [-0.05, 0) is 32.0 Å². The van der Waals surface area contributed by atoms with Crippen molar-refractivity contribution in [2.24, 2.45) is 11.1 Å². The zero-order valence-electron chi connectivity index (χ0n) is 11.3. The second-order valence-electron chi connectivity index (χ2n) is 5.26. The van der Waals surface area contributed by atoms with Crippen LogP contribution < -0.4 is 16.3 Å². The molecule has 0 bridgehead atoms. The molecule has 0 atom stereocenters. The van der Waals surface area contributed by atoms with Crippen LogP contribution in [0.25, 0.3) is 11.0 Å². The summed E-state index contributed by atoms with van der Waals surface area (Å²) in [4.78, 5) is 30.4. The van der Waals surface area contributed by atoms with Crippen molar-refractivity contribution in [3.8, 4) is 0 Å². The topological polar surface area (TPSA) is 95.0 Å². The maximum atomic E-state index is 12.3. The van der Waals surface area contributed by atoms with E-state index in [1.807, 2.05) is 13.8 Å². The molecule has 1 heterocycles. The third kappa shape index (κ3) is 2.39. The zero-order valence-corrected chi connectivity index (χ0v) is 11.3. The number of carbonyl (C=O) groups is 1. The summed E-state index contributed by atoms with van der Waals surface area (Å²) in [6.45, 7) is 3.89. The monoisotopic (exact) mass is 262 g/mol. The molecule has 0 fully saturated rings. The second-order valence-corrected chi connectivity index (χ2v) is 5.26. The number of nitrogens with two attached hydrogens (primary N) is 1. The van der Waals surface area contributed by atoms with Crippen LogP contribution in [0.15, 0.2) is 23.0 Å². The van der Waals surface area contributed by atoms with Crippen molar-refractivity contribution in [3.05, 3.63) is 28.7 Å². The van der Waals surface area contributed by atoms with Crippen LogP contribution in [0.3, 0.4) is 0 Å². The first-order chi connectivity index (χ1) is 8.85. The lowest BCUT2D eigenvalue weighted by atomic mass is 9.92. The number of aromatic nitrogens is 2. The van der Waals surface area contributed by atoms with Crippen LogP contribution in [0.2, 0.25) is 0 Å². The molecule has 0 aliphatic rings. The van der Waals surface area contributed by atoms with Gasteiger partial charge in [0.15, 0.2) is 0 Å². The van der Waals surface area contributed by atoms with Crippen LogP contribution in [0, 0.1) is 5.41 Å². The maximum Gasteiger partial charge on any atom is 0.323 e. The minimum Gasteiger partial charge on any atom is -0.329 e. The van der Waals surface area contributed by atoms with Gasteiger partial charge in [0.2, 0.25) is 5.91 Å². The van der Waals surface area contributed by atoms with E-state index in [4.69, 9.17) is 5.73 Å². The van der Waals surface area contributed by atoms with Gasteiger partial charge in [-0.2, -0.15) is 0 Å². The van der Waals surface area contributed by atoms with Gasteiger partial charge < -0.3 is 20.6 Å². The molecule has 0 radical (unpaired) electrons. The van der Waals surface area contributed by atoms with Crippen molar-refractivity contribution in [3.63, 3.8) is 0 Å². The van der Waals surface area contributed by atoms with Gasteiger partial charge in [-0.25, -0.2) is 4.79 Å². The fourth-order valence-electron chi connectivity index (χ4n) is 1.89. The summed E-state index contributed by atoms with van der Waals surface area (Å²) in [5.74, 6) is -0.0627. The number of hydrogen-bond donors (Lipinski definition) is 3. The molecular formula is C13H18N4O2. The molecule has 0 aliphatic heterocycles. The van der Waals surface area contributed by atoms with E-state index in [1.165, 1.54) is 0 Å². The molecule has 102 valence electrons. The zero-order chi connectivity index (χ0) is 14.2. The van der Waals surface area contributed by atoms with Crippen LogP contribution in [0.5, 0.6) is 0 Å². The Labute approximate surface area is 110 Å². The molecule has 0 aliphatic carbocycles. The van der Waals surface area contributed by atoms with Crippen molar-refractivity contribution >= 4 is 22.6 Å². The van der Waals surface area contributed by atoms with Crippen LogP contribution >= 0.6 is 0 Å². The summed E-state index contributed by atoms with van der Waals surface area (Å²) in [5, 5.41) is 0. The molecule has 1 amide bonds. The molecule has 19 heavy (non-hydrogen) atoms. The average molecular weight is 262 g/mol. The largest absolute Gasteiger partial charge is 0.329 e. The van der Waals surface area contributed by atoms with Gasteiger partial charge in [-0.3, -0.25) is 4.79 Å². The number of aromatic amines is 2. The van der Waals surface area contributed by atoms with E-state index < -0.39 is 5.41 Å². The van der Waals surface area contributed by atoms with Gasteiger partial charge >= 0.3 is 5.69 Å². The number of nitrogens with zero attached hydrogens (tertiary/aromatic N) is 1. The van der Waals surface area contributed by atoms with E-state index in [9.17, 15) is 9.59 Å². The molecule has 2 aromatic rings. The molecule has 0 saturated heterocycles. The quantitative estimate of drug-likeness (QED) is 0.763. The standard InChI is InChI=1S/C13H18N4O2/c1-13(2,7-14)11(18)17(3)8-4-5-9-10(6-8)16-12(19)15-9/h4-6H,7,14H2,1-3H3,(H2,15,16,19). The van der Waals surface area contributed by atoms with Gasteiger partial charge in [-0.15, -0.1) is 0 Å². The predicted molar refractivity (Wildman–Crippen MR) is 75.2 cm³/mol. The van der Waals surface area contributed by atoms with Crippen molar-refractivity contribution in [1.82, 2.24) is 9.97 Å². The molecule has 0 spiro atoms. The number of anilines is 1. The Morgan fingerprint density at radius 1 is 1.32 bits per heavy atom. The number of benzene rings is 1. The maximum absolute atomic E-state index is 12.3. The van der Waals surface area contributed by atoms with Gasteiger partial charge in [0, 0.05) is 19.3 Å². The second kappa shape index (κ2) is 4.55. The average Bonchev–Trinajstić information content (AvgIpc) is 2.75. The summed E-state index contributed by atoms with van der Waals surface area (Å²) in [6, 6.07) is 5.32. The minimum atomic E-state index is -0.616. The van der Waals surface area contributed by atoms with Gasteiger partial charge in [0.25, 0.3) is 0 Å². The van der Waals surface area contributed by atoms with E-state index in [-0.39, 0.29) is 18.1 Å². The van der Waals surface area contributed by atoms with Crippen LogP contribution in [-0.4, -0.2) is 29.5 Å². The molecule has 0 unspecified atom stereocenters. The van der Waals surface area contributed by atoms with Crippen LogP contribution in [0.1, 0.15) is 13.8 Å². The first-order valence-corrected chi connectivity index (χ1v) is 6.05. The van der Waals surface area contributed by atoms with Gasteiger partial charge in [0.1, 0.15) is 0 Å². The SMILES string of the molecule is CN(C(=O)C(C)(C)CN)c1ccc2[nH]c(=O)[nH]c2c1. The summed E-state index contributed by atoms with van der Waals surface area (Å²) in [6.07, 6.45) is 0. The highest BCUT2D eigenvalue weighted by Gasteiger charge is 2.29. The lowest BCUT2D eigenvalue weighted by Gasteiger charge is -2.28. The predicted octanol–water partition coefficient (Wildman–Crippen LogP) is 0.804. The summed E-state index contributed by atoms with van der Waals surface area (Å²) in [5.41, 5.74) is 6.85. The Kier molecular flexibility index (Phi) is 3.20. The summed E-state index contributed by atoms with van der Waals surface area (Å²) < 4.78 is 0. The smallest absolute Gasteiger partial charge is 0.323 e. The van der Waals surface area contributed by atoms with Crippen molar-refractivity contribution in [1.29, 1.82) is 0 Å². The lowest BCUT2D eigenvalue weighted by Crippen LogP contribution is -2.42. The number of hydrogen-bond acceptors (Lipinski definition) is 3. The molecule has 6 heteroatoms. The molecule has 1 aromatic carbocycles. The van der Waals surface area contributed by atoms with Crippen molar-refractivity contribution in [2.45, 2.75) is 13.8 Å². The van der Waals surface area contributed by atoms with Crippen LogP contribution in [0.4, 0.5) is 5.69 Å². The van der Waals surface area contributed by atoms with Crippen LogP contribution in [-0.2, 0) is 4.79 Å². The highest BCUT2D eigenvalue weighted by molar-refractivity contribution is 5.98. The number of H-pyrrole nitrogens is 2. The van der Waals surface area contributed by atoms with Gasteiger partial charge in [0.05, 0.1) is 16.4 Å². The van der Waals surface area contributed by atoms with E-state index in [0.29, 0.717) is 16.7 Å². The number of rotatable bonds is 3. The normalized spacial score (nSPS) is 11.8. The lowest BCUT2D eigenvalue weighted by molar-refractivity contribution is -0.125. The number of amides is 1. The molecule has 6 nitrogen and oxygen atoms in total. The Morgan fingerprint density at radius 3 is 2.58 bits per heavy atom. The molecule has 4 N–H and O–H groups in total. The van der Waals surface area contributed by atoms with E-state index >= 15 is 0 Å². The number of nitrogens with one attached hydrogen (secondary N) is 2. The molecule has 0 saturated carbocycles. The number of carbonyl (C=O) groups excluding carboxylic acids is 1. The Morgan fingerprint density at radius 2 is 1.95 bits per heavy atom. The summed E-state index contributed by atoms with van der Waals surface area (Å²) >= 11 is 0. The Hall–Kier alpha value is -2.08. The van der Waals surface area contributed by atoms with Gasteiger partial charge in [-0.1, -0.05) is 0 Å². The molecule has 2 rings (SSSR count). The highest BCUT2D eigenvalue weighted by atomic mass is 16.2. The van der Waals surface area contributed by atoms with Crippen molar-refractivity contribution < 1.29 is 4.79 Å². The van der Waals surface area contributed by atoms with E-state index in [2.05, 4.69) is 9.97 Å². The fraction of sp³-hybridized carbons (Fsp3) is 0.385. The number of imidazole rings is 1. The van der Waals surface area contributed by atoms with E-state index in [0.717, 1.165) is 0 Å². The third-order valence-electron chi connectivity index (χ3n) is 3.28.